The Hall–Kier alpha value is -2.12. The molecule has 0 atom stereocenters. The van der Waals surface area contributed by atoms with Crippen LogP contribution in [0.2, 0.25) is 0 Å². The monoisotopic (exact) mass is 345 g/mol. The summed E-state index contributed by atoms with van der Waals surface area (Å²) in [5.74, 6) is 2.14. The predicted octanol–water partition coefficient (Wildman–Crippen LogP) is 2.08. The van der Waals surface area contributed by atoms with Crippen LogP contribution >= 0.6 is 0 Å². The summed E-state index contributed by atoms with van der Waals surface area (Å²) in [6, 6.07) is 5.64. The van der Waals surface area contributed by atoms with E-state index >= 15 is 0 Å². The molecule has 2 aliphatic rings. The van der Waals surface area contributed by atoms with Crippen molar-refractivity contribution in [2.75, 3.05) is 32.8 Å². The molecule has 0 N–H and O–H groups in total. The van der Waals surface area contributed by atoms with Crippen LogP contribution in [0.1, 0.15) is 34.9 Å². The fourth-order valence-electron chi connectivity index (χ4n) is 3.71. The van der Waals surface area contributed by atoms with Gasteiger partial charge in [-0.1, -0.05) is 5.16 Å². The average molecular weight is 345 g/mol. The number of likely N-dealkylation sites (tertiary alicyclic amines) is 1. The molecule has 0 bridgehead atoms. The van der Waals surface area contributed by atoms with Gasteiger partial charge in [-0.2, -0.15) is 0 Å². The van der Waals surface area contributed by atoms with Gasteiger partial charge in [-0.05, 0) is 31.9 Å². The highest BCUT2D eigenvalue weighted by molar-refractivity contribution is 5.91. The molecule has 7 nitrogen and oxygen atoms in total. The second-order valence-electron chi connectivity index (χ2n) is 6.92. The van der Waals surface area contributed by atoms with Gasteiger partial charge in [0.05, 0.1) is 31.5 Å². The van der Waals surface area contributed by atoms with Crippen LogP contribution in [0.15, 0.2) is 33.3 Å². The van der Waals surface area contributed by atoms with Crippen molar-refractivity contribution in [3.63, 3.8) is 0 Å². The van der Waals surface area contributed by atoms with Crippen LogP contribution < -0.4 is 0 Å². The van der Waals surface area contributed by atoms with Gasteiger partial charge in [0, 0.05) is 25.7 Å². The maximum Gasteiger partial charge on any atom is 0.292 e. The van der Waals surface area contributed by atoms with E-state index in [0.717, 1.165) is 44.0 Å². The van der Waals surface area contributed by atoms with Crippen LogP contribution in [-0.2, 0) is 11.3 Å². The fourth-order valence-corrected chi connectivity index (χ4v) is 3.71. The first-order chi connectivity index (χ1) is 12.1. The van der Waals surface area contributed by atoms with E-state index in [1.54, 1.807) is 6.07 Å². The van der Waals surface area contributed by atoms with Gasteiger partial charge < -0.3 is 18.6 Å². The fraction of sp³-hybridized carbons (Fsp3) is 0.556. The number of piperidine rings is 1. The lowest BCUT2D eigenvalue weighted by Gasteiger charge is -2.47. The van der Waals surface area contributed by atoms with E-state index in [2.05, 4.69) is 10.1 Å². The SMILES string of the molecule is Cc1ccc(CN2CCC3(CC2)CN(C(=O)c2ccno2)CCO3)o1. The Bertz CT molecular complexity index is 717. The van der Waals surface area contributed by atoms with Gasteiger partial charge >= 0.3 is 0 Å². The molecule has 1 amide bonds. The van der Waals surface area contributed by atoms with Crippen LogP contribution in [0, 0.1) is 6.92 Å². The minimum absolute atomic E-state index is 0.103. The van der Waals surface area contributed by atoms with E-state index in [0.29, 0.717) is 25.5 Å². The minimum Gasteiger partial charge on any atom is -0.465 e. The highest BCUT2D eigenvalue weighted by atomic mass is 16.5. The minimum atomic E-state index is -0.247. The van der Waals surface area contributed by atoms with Crippen molar-refractivity contribution in [2.45, 2.75) is 31.9 Å². The van der Waals surface area contributed by atoms with Gasteiger partial charge in [0.25, 0.3) is 5.91 Å². The van der Waals surface area contributed by atoms with E-state index in [4.69, 9.17) is 13.7 Å². The number of morpholine rings is 1. The Labute approximate surface area is 146 Å². The highest BCUT2D eigenvalue weighted by Crippen LogP contribution is 2.31. The van der Waals surface area contributed by atoms with E-state index < -0.39 is 0 Å². The number of carbonyl (C=O) groups excluding carboxylic acids is 1. The molecule has 4 heterocycles. The Morgan fingerprint density at radius 3 is 2.76 bits per heavy atom. The number of ether oxygens (including phenoxy) is 1. The molecule has 2 aromatic heterocycles. The molecular weight excluding hydrogens is 322 g/mol. The lowest BCUT2D eigenvalue weighted by Crippen LogP contribution is -2.57. The van der Waals surface area contributed by atoms with Crippen molar-refractivity contribution in [3.8, 4) is 0 Å². The van der Waals surface area contributed by atoms with Gasteiger partial charge in [0.15, 0.2) is 0 Å². The number of hydrogen-bond acceptors (Lipinski definition) is 6. The van der Waals surface area contributed by atoms with Crippen LogP contribution in [0.5, 0.6) is 0 Å². The second kappa shape index (κ2) is 6.65. The lowest BCUT2D eigenvalue weighted by atomic mass is 9.89. The normalized spacial score (nSPS) is 20.9. The molecule has 0 unspecified atom stereocenters. The van der Waals surface area contributed by atoms with E-state index in [-0.39, 0.29) is 11.5 Å². The number of carbonyl (C=O) groups is 1. The third-order valence-corrected chi connectivity index (χ3v) is 5.13. The molecular formula is C18H23N3O4. The average Bonchev–Trinajstić information content (AvgIpc) is 3.29. The topological polar surface area (TPSA) is 72.0 Å². The van der Waals surface area contributed by atoms with E-state index in [1.165, 1.54) is 6.20 Å². The Morgan fingerprint density at radius 1 is 1.24 bits per heavy atom. The third-order valence-electron chi connectivity index (χ3n) is 5.13. The zero-order valence-electron chi connectivity index (χ0n) is 14.4. The number of aryl methyl sites for hydroxylation is 1. The van der Waals surface area contributed by atoms with Gasteiger partial charge in [-0.3, -0.25) is 9.69 Å². The molecule has 4 rings (SSSR count). The van der Waals surface area contributed by atoms with Crippen molar-refractivity contribution in [3.05, 3.63) is 41.7 Å². The summed E-state index contributed by atoms with van der Waals surface area (Å²) in [6.45, 7) is 6.43. The van der Waals surface area contributed by atoms with Crippen molar-refractivity contribution < 1.29 is 18.5 Å². The van der Waals surface area contributed by atoms with Gasteiger partial charge in [-0.25, -0.2) is 0 Å². The highest BCUT2D eigenvalue weighted by Gasteiger charge is 2.41. The zero-order valence-corrected chi connectivity index (χ0v) is 14.4. The molecule has 2 saturated heterocycles. The predicted molar refractivity (Wildman–Crippen MR) is 89.0 cm³/mol. The summed E-state index contributed by atoms with van der Waals surface area (Å²) in [5, 5.41) is 3.62. The van der Waals surface area contributed by atoms with Crippen molar-refractivity contribution in [1.29, 1.82) is 0 Å². The largest absolute Gasteiger partial charge is 0.465 e. The molecule has 7 heteroatoms. The maximum absolute atomic E-state index is 12.5. The standard InChI is InChI=1S/C18H23N3O4/c1-14-2-3-15(24-14)12-20-8-5-18(6-9-20)13-21(10-11-23-18)17(22)16-4-7-19-25-16/h2-4,7H,5-6,8-13H2,1H3. The van der Waals surface area contributed by atoms with Gasteiger partial charge in [0.2, 0.25) is 5.76 Å². The van der Waals surface area contributed by atoms with E-state index in [1.807, 2.05) is 24.0 Å². The summed E-state index contributed by atoms with van der Waals surface area (Å²) >= 11 is 0. The molecule has 2 aromatic rings. The van der Waals surface area contributed by atoms with Crippen LogP contribution in [0.3, 0.4) is 0 Å². The first-order valence-corrected chi connectivity index (χ1v) is 8.75. The summed E-state index contributed by atoms with van der Waals surface area (Å²) in [5.41, 5.74) is -0.247. The number of furan rings is 1. The zero-order chi connectivity index (χ0) is 17.3. The van der Waals surface area contributed by atoms with Gasteiger partial charge in [-0.15, -0.1) is 0 Å². The maximum atomic E-state index is 12.5. The number of hydrogen-bond donors (Lipinski definition) is 0. The Morgan fingerprint density at radius 2 is 2.08 bits per heavy atom. The van der Waals surface area contributed by atoms with Gasteiger partial charge in [0.1, 0.15) is 11.5 Å². The Kier molecular flexibility index (Phi) is 4.35. The molecule has 0 saturated carbocycles. The summed E-state index contributed by atoms with van der Waals surface area (Å²) in [7, 11) is 0. The Balaban J connectivity index is 1.36. The van der Waals surface area contributed by atoms with E-state index in [9.17, 15) is 4.79 Å². The smallest absolute Gasteiger partial charge is 0.292 e. The first-order valence-electron chi connectivity index (χ1n) is 8.75. The lowest BCUT2D eigenvalue weighted by molar-refractivity contribution is -0.128. The molecule has 0 aromatic carbocycles. The molecule has 2 fully saturated rings. The van der Waals surface area contributed by atoms with Crippen LogP contribution in [0.25, 0.3) is 0 Å². The second-order valence-corrected chi connectivity index (χ2v) is 6.92. The summed E-state index contributed by atoms with van der Waals surface area (Å²) < 4.78 is 16.8. The molecule has 0 aliphatic carbocycles. The summed E-state index contributed by atoms with van der Waals surface area (Å²) in [6.07, 6.45) is 3.32. The number of nitrogens with zero attached hydrogens (tertiary/aromatic N) is 3. The number of rotatable bonds is 3. The molecule has 2 aliphatic heterocycles. The molecule has 134 valence electrons. The number of amides is 1. The molecule has 25 heavy (non-hydrogen) atoms. The van der Waals surface area contributed by atoms with Crippen molar-refractivity contribution >= 4 is 5.91 Å². The molecule has 0 radical (unpaired) electrons. The van der Waals surface area contributed by atoms with Crippen LogP contribution in [-0.4, -0.2) is 59.3 Å². The molecule has 1 spiro atoms. The quantitative estimate of drug-likeness (QED) is 0.848. The number of aromatic nitrogens is 1. The third kappa shape index (κ3) is 3.48. The summed E-state index contributed by atoms with van der Waals surface area (Å²) in [4.78, 5) is 16.7. The first kappa shape index (κ1) is 16.4. The van der Waals surface area contributed by atoms with Crippen LogP contribution in [0.4, 0.5) is 0 Å². The van der Waals surface area contributed by atoms with Crippen molar-refractivity contribution in [1.82, 2.24) is 15.0 Å². The van der Waals surface area contributed by atoms with Crippen molar-refractivity contribution in [2.24, 2.45) is 0 Å².